The predicted molar refractivity (Wildman–Crippen MR) is 109 cm³/mol. The van der Waals surface area contributed by atoms with Crippen LogP contribution in [0, 0.1) is 0 Å². The molecule has 0 aliphatic heterocycles. The van der Waals surface area contributed by atoms with E-state index in [1.54, 1.807) is 33.5 Å². The van der Waals surface area contributed by atoms with Crippen molar-refractivity contribution < 1.29 is 14.2 Å². The normalized spacial score (nSPS) is 11.4. The molecule has 8 heteroatoms. The molecule has 0 saturated carbocycles. The molecule has 7 nitrogen and oxygen atoms in total. The minimum atomic E-state index is -0.00194. The largest absolute Gasteiger partial charge is 0.497 e. The van der Waals surface area contributed by atoms with Crippen LogP contribution in [0.3, 0.4) is 0 Å². The molecule has 0 spiro atoms. The van der Waals surface area contributed by atoms with Gasteiger partial charge in [0.1, 0.15) is 11.6 Å². The van der Waals surface area contributed by atoms with E-state index in [-0.39, 0.29) is 18.4 Å². The van der Waals surface area contributed by atoms with E-state index in [9.17, 15) is 0 Å². The first-order chi connectivity index (χ1) is 12.5. The highest BCUT2D eigenvalue weighted by atomic mass is 35.5. The summed E-state index contributed by atoms with van der Waals surface area (Å²) in [7, 11) is 4.80. The zero-order chi connectivity index (χ0) is 18.7. The van der Waals surface area contributed by atoms with Gasteiger partial charge in [0, 0.05) is 11.5 Å². The minimum absolute atomic E-state index is 0. The average molecular weight is 391 g/mol. The zero-order valence-electron chi connectivity index (χ0n) is 15.6. The standard InChI is InChI=1S/C19H22N4O3.ClH/c1-11(12-5-7-13(24-2)8-6-12)21-19-22-15-10-17(26-4)16(25-3)9-14(15)18(20)23-19;/h5-11H,1-4H3,(H3,20,21,22,23);1H. The van der Waals surface area contributed by atoms with Gasteiger partial charge in [-0.2, -0.15) is 4.98 Å². The summed E-state index contributed by atoms with van der Waals surface area (Å²) in [5, 5.41) is 3.99. The van der Waals surface area contributed by atoms with Crippen LogP contribution in [0.15, 0.2) is 36.4 Å². The van der Waals surface area contributed by atoms with Gasteiger partial charge in [-0.3, -0.25) is 0 Å². The number of anilines is 2. The van der Waals surface area contributed by atoms with Crippen molar-refractivity contribution in [1.29, 1.82) is 0 Å². The van der Waals surface area contributed by atoms with Crippen molar-refractivity contribution >= 4 is 35.1 Å². The maximum atomic E-state index is 6.12. The smallest absolute Gasteiger partial charge is 0.225 e. The SMILES string of the molecule is COc1ccc(C(C)Nc2nc(N)c3cc(OC)c(OC)cc3n2)cc1.Cl. The second-order valence-corrected chi connectivity index (χ2v) is 5.80. The van der Waals surface area contributed by atoms with Crippen molar-refractivity contribution in [2.45, 2.75) is 13.0 Å². The van der Waals surface area contributed by atoms with E-state index >= 15 is 0 Å². The van der Waals surface area contributed by atoms with Crippen LogP contribution in [0.4, 0.5) is 11.8 Å². The molecule has 27 heavy (non-hydrogen) atoms. The van der Waals surface area contributed by atoms with E-state index in [0.717, 1.165) is 11.3 Å². The Kier molecular flexibility index (Phi) is 6.52. The number of ether oxygens (including phenoxy) is 3. The van der Waals surface area contributed by atoms with E-state index in [0.29, 0.717) is 34.2 Å². The lowest BCUT2D eigenvalue weighted by Gasteiger charge is -2.16. The van der Waals surface area contributed by atoms with Gasteiger partial charge in [-0.25, -0.2) is 4.98 Å². The Morgan fingerprint density at radius 1 is 0.926 bits per heavy atom. The summed E-state index contributed by atoms with van der Waals surface area (Å²) >= 11 is 0. The Balaban J connectivity index is 0.00000261. The van der Waals surface area contributed by atoms with E-state index in [4.69, 9.17) is 19.9 Å². The van der Waals surface area contributed by atoms with Gasteiger partial charge in [0.15, 0.2) is 11.5 Å². The number of rotatable bonds is 6. The summed E-state index contributed by atoms with van der Waals surface area (Å²) < 4.78 is 15.8. The zero-order valence-corrected chi connectivity index (χ0v) is 16.5. The van der Waals surface area contributed by atoms with Crippen LogP contribution in [0.25, 0.3) is 10.9 Å². The summed E-state index contributed by atoms with van der Waals surface area (Å²) in [6.45, 7) is 2.03. The average Bonchev–Trinajstić information content (AvgIpc) is 2.67. The van der Waals surface area contributed by atoms with Crippen molar-refractivity contribution in [3.63, 3.8) is 0 Å². The molecule has 0 fully saturated rings. The first-order valence-corrected chi connectivity index (χ1v) is 8.15. The molecule has 3 rings (SSSR count). The molecule has 0 aliphatic carbocycles. The van der Waals surface area contributed by atoms with Crippen LogP contribution in [0.2, 0.25) is 0 Å². The molecule has 3 aromatic rings. The quantitative estimate of drug-likeness (QED) is 0.660. The van der Waals surface area contributed by atoms with Gasteiger partial charge >= 0.3 is 0 Å². The van der Waals surface area contributed by atoms with E-state index < -0.39 is 0 Å². The molecule has 1 aromatic heterocycles. The number of fused-ring (bicyclic) bond motifs is 1. The second-order valence-electron chi connectivity index (χ2n) is 5.80. The number of hydrogen-bond acceptors (Lipinski definition) is 7. The number of halogens is 1. The Morgan fingerprint density at radius 2 is 1.56 bits per heavy atom. The summed E-state index contributed by atoms with van der Waals surface area (Å²) in [5.74, 6) is 2.81. The molecule has 0 amide bonds. The van der Waals surface area contributed by atoms with Crippen LogP contribution in [-0.2, 0) is 0 Å². The van der Waals surface area contributed by atoms with Crippen LogP contribution in [0.5, 0.6) is 17.2 Å². The molecule has 0 saturated heterocycles. The van der Waals surface area contributed by atoms with Gasteiger partial charge in [-0.1, -0.05) is 12.1 Å². The third-order valence-corrected chi connectivity index (χ3v) is 4.19. The van der Waals surface area contributed by atoms with Crippen LogP contribution in [-0.4, -0.2) is 31.3 Å². The fourth-order valence-corrected chi connectivity index (χ4v) is 2.71. The van der Waals surface area contributed by atoms with Gasteiger partial charge in [0.2, 0.25) is 5.95 Å². The lowest BCUT2D eigenvalue weighted by Crippen LogP contribution is -2.10. The van der Waals surface area contributed by atoms with Gasteiger partial charge in [0.25, 0.3) is 0 Å². The lowest BCUT2D eigenvalue weighted by atomic mass is 10.1. The van der Waals surface area contributed by atoms with Crippen LogP contribution < -0.4 is 25.3 Å². The highest BCUT2D eigenvalue weighted by molar-refractivity contribution is 5.91. The molecular weight excluding hydrogens is 368 g/mol. The molecule has 1 unspecified atom stereocenters. The van der Waals surface area contributed by atoms with Gasteiger partial charge in [-0.05, 0) is 30.7 Å². The van der Waals surface area contributed by atoms with E-state index in [1.165, 1.54) is 0 Å². The molecule has 0 radical (unpaired) electrons. The molecule has 144 valence electrons. The summed E-state index contributed by atoms with van der Waals surface area (Å²) in [4.78, 5) is 8.92. The fourth-order valence-electron chi connectivity index (χ4n) is 2.71. The number of nitrogens with zero attached hydrogens (tertiary/aromatic N) is 2. The maximum Gasteiger partial charge on any atom is 0.225 e. The molecule has 0 aliphatic rings. The number of nitrogens with one attached hydrogen (secondary N) is 1. The van der Waals surface area contributed by atoms with Crippen molar-refractivity contribution in [3.05, 3.63) is 42.0 Å². The molecule has 3 N–H and O–H groups in total. The fraction of sp³-hybridized carbons (Fsp3) is 0.263. The van der Waals surface area contributed by atoms with E-state index in [2.05, 4.69) is 15.3 Å². The Hall–Kier alpha value is -2.93. The van der Waals surface area contributed by atoms with Crippen LogP contribution in [0.1, 0.15) is 18.5 Å². The number of nitrogens with two attached hydrogens (primary N) is 1. The predicted octanol–water partition coefficient (Wildman–Crippen LogP) is 3.83. The summed E-state index contributed by atoms with van der Waals surface area (Å²) in [5.41, 5.74) is 7.88. The van der Waals surface area contributed by atoms with Crippen molar-refractivity contribution in [2.24, 2.45) is 0 Å². The third kappa shape index (κ3) is 4.25. The third-order valence-electron chi connectivity index (χ3n) is 4.19. The second kappa shape index (κ2) is 8.64. The van der Waals surface area contributed by atoms with Crippen molar-refractivity contribution in [2.75, 3.05) is 32.4 Å². The number of hydrogen-bond donors (Lipinski definition) is 2. The number of methoxy groups -OCH3 is 3. The van der Waals surface area contributed by atoms with Gasteiger partial charge < -0.3 is 25.3 Å². The van der Waals surface area contributed by atoms with Gasteiger partial charge in [-0.15, -0.1) is 12.4 Å². The van der Waals surface area contributed by atoms with Gasteiger partial charge in [0.05, 0.1) is 32.9 Å². The summed E-state index contributed by atoms with van der Waals surface area (Å²) in [6, 6.07) is 11.4. The lowest BCUT2D eigenvalue weighted by molar-refractivity contribution is 0.356. The molecule has 0 bridgehead atoms. The Morgan fingerprint density at radius 3 is 2.15 bits per heavy atom. The Bertz CT molecular complexity index is 919. The number of aromatic nitrogens is 2. The first kappa shape index (κ1) is 20.4. The minimum Gasteiger partial charge on any atom is -0.497 e. The molecule has 1 atom stereocenters. The topological polar surface area (TPSA) is 91.5 Å². The Labute approximate surface area is 164 Å². The number of benzene rings is 2. The molecular formula is C19H23ClN4O3. The van der Waals surface area contributed by atoms with E-state index in [1.807, 2.05) is 31.2 Å². The monoisotopic (exact) mass is 390 g/mol. The number of nitrogen functional groups attached to an aromatic ring is 1. The highest BCUT2D eigenvalue weighted by Crippen LogP contribution is 2.34. The van der Waals surface area contributed by atoms with Crippen LogP contribution >= 0.6 is 12.4 Å². The maximum absolute atomic E-state index is 6.12. The summed E-state index contributed by atoms with van der Waals surface area (Å²) in [6.07, 6.45) is 0. The van der Waals surface area contributed by atoms with Crippen molar-refractivity contribution in [1.82, 2.24) is 9.97 Å². The first-order valence-electron chi connectivity index (χ1n) is 8.15. The van der Waals surface area contributed by atoms with Crippen molar-refractivity contribution in [3.8, 4) is 17.2 Å². The molecule has 2 aromatic carbocycles. The highest BCUT2D eigenvalue weighted by Gasteiger charge is 2.13. The molecule has 1 heterocycles.